The molecular weight excluding hydrogens is 270 g/mol. The van der Waals surface area contributed by atoms with Crippen molar-refractivity contribution < 1.29 is 0 Å². The Morgan fingerprint density at radius 3 is 1.19 bits per heavy atom. The predicted octanol–water partition coefficient (Wildman–Crippen LogP) is 4.03. The van der Waals surface area contributed by atoms with Crippen LogP contribution in [0.25, 0.3) is 0 Å². The van der Waals surface area contributed by atoms with Crippen molar-refractivity contribution in [1.29, 1.82) is 10.5 Å². The maximum atomic E-state index is 8.58. The summed E-state index contributed by atoms with van der Waals surface area (Å²) in [7, 11) is 0. The van der Waals surface area contributed by atoms with Gasteiger partial charge < -0.3 is 0 Å². The lowest BCUT2D eigenvalue weighted by molar-refractivity contribution is 0.541. The van der Waals surface area contributed by atoms with Crippen molar-refractivity contribution in [2.24, 2.45) is 10.2 Å². The molecule has 90 valence electrons. The van der Waals surface area contributed by atoms with E-state index in [0.717, 1.165) is 0 Å². The molecule has 0 rings (SSSR count). The minimum Gasteiger partial charge on any atom is -0.196 e. The quantitative estimate of drug-likeness (QED) is 0.567. The van der Waals surface area contributed by atoms with Gasteiger partial charge in [0.05, 0.1) is 12.1 Å². The number of hydrogen-bond donors (Lipinski definition) is 0. The highest BCUT2D eigenvalue weighted by Crippen LogP contribution is 2.13. The van der Waals surface area contributed by atoms with Crippen molar-refractivity contribution in [1.82, 2.24) is 0 Å². The molecule has 0 saturated heterocycles. The Morgan fingerprint density at radius 1 is 0.875 bits per heavy atom. The van der Waals surface area contributed by atoms with E-state index in [1.54, 1.807) is 27.7 Å². The van der Waals surface area contributed by atoms with Crippen molar-refractivity contribution in [3.8, 4) is 12.1 Å². The molecule has 0 aliphatic rings. The van der Waals surface area contributed by atoms with Crippen molar-refractivity contribution in [2.45, 2.75) is 43.1 Å². The third-order valence-electron chi connectivity index (χ3n) is 1.10. The third-order valence-corrected chi connectivity index (χ3v) is 1.10. The van der Waals surface area contributed by atoms with E-state index in [1.807, 2.05) is 12.1 Å². The van der Waals surface area contributed by atoms with Crippen molar-refractivity contribution in [2.75, 3.05) is 0 Å². The summed E-state index contributed by atoms with van der Waals surface area (Å²) in [5.41, 5.74) is -1.68. The van der Waals surface area contributed by atoms with Crippen LogP contribution in [0, 0.1) is 22.7 Å². The Kier molecular flexibility index (Phi) is 8.56. The standard InChI is InChI=1S/C8H12N4.CHCl3/c1-7(2,5-9)11-12-8(3,4)6-10;2-1(3)4/h1-4H3;1H. The highest BCUT2D eigenvalue weighted by molar-refractivity contribution is 6.63. The average molecular weight is 284 g/mol. The second-order valence-corrected chi connectivity index (χ2v) is 5.77. The molecular formula is C9H13Cl3N4. The van der Waals surface area contributed by atoms with Crippen LogP contribution in [0.4, 0.5) is 0 Å². The van der Waals surface area contributed by atoms with Gasteiger partial charge >= 0.3 is 0 Å². The maximum Gasteiger partial charge on any atom is 0.180 e. The van der Waals surface area contributed by atoms with Gasteiger partial charge in [0, 0.05) is 0 Å². The molecule has 0 radical (unpaired) electrons. The minimum atomic E-state index is -0.839. The largest absolute Gasteiger partial charge is 0.196 e. The molecule has 0 unspecified atom stereocenters. The second kappa shape index (κ2) is 7.68. The van der Waals surface area contributed by atoms with E-state index in [9.17, 15) is 0 Å². The van der Waals surface area contributed by atoms with Crippen LogP contribution in [0.1, 0.15) is 27.7 Å². The van der Waals surface area contributed by atoms with Gasteiger partial charge in [-0.2, -0.15) is 20.8 Å². The molecule has 0 heterocycles. The first kappa shape index (κ1) is 17.8. The van der Waals surface area contributed by atoms with Gasteiger partial charge in [0.2, 0.25) is 0 Å². The third kappa shape index (κ3) is 13.4. The zero-order valence-electron chi connectivity index (χ0n) is 9.50. The van der Waals surface area contributed by atoms with Crippen LogP contribution in [0.5, 0.6) is 0 Å². The lowest BCUT2D eigenvalue weighted by Gasteiger charge is -2.11. The van der Waals surface area contributed by atoms with Crippen LogP contribution in [-0.2, 0) is 0 Å². The summed E-state index contributed by atoms with van der Waals surface area (Å²) in [5.74, 6) is 0. The van der Waals surface area contributed by atoms with Crippen LogP contribution in [0.3, 0.4) is 0 Å². The summed E-state index contributed by atoms with van der Waals surface area (Å²) >= 11 is 14.4. The monoisotopic (exact) mass is 282 g/mol. The number of nitrogens with zero attached hydrogens (tertiary/aromatic N) is 4. The van der Waals surface area contributed by atoms with Gasteiger partial charge in [-0.05, 0) is 27.7 Å². The first-order valence-electron chi connectivity index (χ1n) is 4.25. The molecule has 0 aliphatic carbocycles. The molecule has 0 aromatic carbocycles. The van der Waals surface area contributed by atoms with Gasteiger partial charge in [-0.25, -0.2) is 0 Å². The van der Waals surface area contributed by atoms with Crippen LogP contribution in [0.2, 0.25) is 0 Å². The predicted molar refractivity (Wildman–Crippen MR) is 65.6 cm³/mol. The summed E-state index contributed by atoms with van der Waals surface area (Å²) in [4.78, 5) is 0. The lowest BCUT2D eigenvalue weighted by Crippen LogP contribution is -2.17. The molecule has 0 aliphatic heterocycles. The van der Waals surface area contributed by atoms with E-state index >= 15 is 0 Å². The fourth-order valence-electron chi connectivity index (χ4n) is 0.295. The van der Waals surface area contributed by atoms with Crippen LogP contribution in [-0.4, -0.2) is 15.4 Å². The summed E-state index contributed by atoms with van der Waals surface area (Å²) < 4.78 is -0.750. The molecule has 0 N–H and O–H groups in total. The molecule has 0 aromatic heterocycles. The fraction of sp³-hybridized carbons (Fsp3) is 0.778. The van der Waals surface area contributed by atoms with Gasteiger partial charge in [0.15, 0.2) is 15.4 Å². The average Bonchev–Trinajstić information content (AvgIpc) is 2.15. The Bertz CT molecular complexity index is 279. The van der Waals surface area contributed by atoms with Gasteiger partial charge in [-0.1, -0.05) is 34.8 Å². The van der Waals surface area contributed by atoms with E-state index in [4.69, 9.17) is 45.3 Å². The van der Waals surface area contributed by atoms with E-state index < -0.39 is 15.4 Å². The number of hydrogen-bond acceptors (Lipinski definition) is 4. The Labute approximate surface area is 111 Å². The molecule has 7 heteroatoms. The van der Waals surface area contributed by atoms with E-state index in [1.165, 1.54) is 0 Å². The summed E-state index contributed by atoms with van der Waals surface area (Å²) in [6.45, 7) is 6.57. The SMILES string of the molecule is CC(C)(C#N)N=NC(C)(C)C#N.ClC(Cl)Cl. The number of nitriles is 2. The Morgan fingerprint density at radius 2 is 1.06 bits per heavy atom. The van der Waals surface area contributed by atoms with Crippen molar-refractivity contribution in [3.05, 3.63) is 0 Å². The van der Waals surface area contributed by atoms with Gasteiger partial charge in [-0.15, -0.1) is 0 Å². The van der Waals surface area contributed by atoms with Crippen LogP contribution >= 0.6 is 34.8 Å². The zero-order chi connectivity index (χ0) is 13.4. The Balaban J connectivity index is 0. The number of rotatable bonds is 2. The molecule has 0 saturated carbocycles. The molecule has 0 atom stereocenters. The van der Waals surface area contributed by atoms with E-state index in [0.29, 0.717) is 0 Å². The molecule has 4 nitrogen and oxygen atoms in total. The number of azo groups is 1. The van der Waals surface area contributed by atoms with E-state index in [-0.39, 0.29) is 0 Å². The zero-order valence-corrected chi connectivity index (χ0v) is 11.8. The topological polar surface area (TPSA) is 72.3 Å². The summed E-state index contributed by atoms with van der Waals surface area (Å²) in [5, 5.41) is 24.7. The smallest absolute Gasteiger partial charge is 0.180 e. The number of alkyl halides is 3. The summed E-state index contributed by atoms with van der Waals surface area (Å²) in [6, 6.07) is 3.94. The first-order valence-corrected chi connectivity index (χ1v) is 5.56. The number of halogens is 3. The molecule has 0 fully saturated rings. The van der Waals surface area contributed by atoms with Gasteiger partial charge in [-0.3, -0.25) is 0 Å². The van der Waals surface area contributed by atoms with Crippen LogP contribution in [0.15, 0.2) is 10.2 Å². The Hall–Kier alpha value is -0.550. The normalized spacial score (nSPS) is 11.6. The highest BCUT2D eigenvalue weighted by Gasteiger charge is 2.19. The molecule has 0 bridgehead atoms. The fourth-order valence-corrected chi connectivity index (χ4v) is 0.295. The summed E-state index contributed by atoms with van der Waals surface area (Å²) in [6.07, 6.45) is 0. The lowest BCUT2D eigenvalue weighted by atomic mass is 10.1. The molecule has 0 spiro atoms. The molecule has 0 amide bonds. The minimum absolute atomic E-state index is 0.750. The maximum absolute atomic E-state index is 8.58. The van der Waals surface area contributed by atoms with E-state index in [2.05, 4.69) is 10.2 Å². The highest BCUT2D eigenvalue weighted by atomic mass is 35.6. The van der Waals surface area contributed by atoms with Gasteiger partial charge in [0.1, 0.15) is 0 Å². The second-order valence-electron chi connectivity index (χ2n) is 3.79. The van der Waals surface area contributed by atoms with Crippen molar-refractivity contribution >= 4 is 34.8 Å². The van der Waals surface area contributed by atoms with Crippen molar-refractivity contribution in [3.63, 3.8) is 0 Å². The molecule has 16 heavy (non-hydrogen) atoms. The first-order chi connectivity index (χ1) is 7.06. The molecule has 0 aromatic rings. The van der Waals surface area contributed by atoms with Crippen LogP contribution < -0.4 is 0 Å². The van der Waals surface area contributed by atoms with Gasteiger partial charge in [0.25, 0.3) is 0 Å².